The zero-order valence-corrected chi connectivity index (χ0v) is 20.1. The standard InChI is InChI=1S/C24H24Cl2N2O5/c1-24(2,3)33-23(30)28-8-6-18(7-9-28)31-22(29)14-4-5-19-20(12-14)32-21(27-19)15-10-16(25)13-17(26)11-15/h4-5,10-13,18H,6-9H2,1-3H3. The molecule has 0 atom stereocenters. The van der Waals surface area contributed by atoms with Gasteiger partial charge >= 0.3 is 12.1 Å². The lowest BCUT2D eigenvalue weighted by molar-refractivity contribution is -0.00340. The van der Waals surface area contributed by atoms with Crippen LogP contribution in [0.4, 0.5) is 4.79 Å². The number of hydrogen-bond donors (Lipinski definition) is 0. The van der Waals surface area contributed by atoms with Crippen molar-refractivity contribution in [2.75, 3.05) is 13.1 Å². The number of carbonyl (C=O) groups is 2. The van der Waals surface area contributed by atoms with E-state index in [0.717, 1.165) is 0 Å². The SMILES string of the molecule is CC(C)(C)OC(=O)N1CCC(OC(=O)c2ccc3nc(-c4cc(Cl)cc(Cl)c4)oc3c2)CC1. The second-order valence-electron chi connectivity index (χ2n) is 8.93. The molecule has 174 valence electrons. The summed E-state index contributed by atoms with van der Waals surface area (Å²) in [6.07, 6.45) is 0.482. The number of ether oxygens (including phenoxy) is 2. The van der Waals surface area contributed by atoms with Crippen LogP contribution in [0.2, 0.25) is 10.0 Å². The maximum absolute atomic E-state index is 12.7. The molecule has 33 heavy (non-hydrogen) atoms. The van der Waals surface area contributed by atoms with Gasteiger partial charge in [-0.3, -0.25) is 0 Å². The average molecular weight is 491 g/mol. The number of hydrogen-bond acceptors (Lipinski definition) is 6. The quantitative estimate of drug-likeness (QED) is 0.397. The second kappa shape index (κ2) is 9.23. The normalized spacial score (nSPS) is 15.0. The molecule has 0 aliphatic carbocycles. The molecule has 1 amide bonds. The molecule has 0 N–H and O–H groups in total. The molecule has 7 nitrogen and oxygen atoms in total. The van der Waals surface area contributed by atoms with Gasteiger partial charge in [0.2, 0.25) is 5.89 Å². The van der Waals surface area contributed by atoms with E-state index in [1.54, 1.807) is 41.3 Å². The van der Waals surface area contributed by atoms with E-state index in [0.29, 0.717) is 64.1 Å². The Hall–Kier alpha value is -2.77. The molecule has 4 rings (SSSR count). The maximum Gasteiger partial charge on any atom is 0.410 e. The topological polar surface area (TPSA) is 81.9 Å². The number of carbonyl (C=O) groups excluding carboxylic acids is 2. The van der Waals surface area contributed by atoms with Crippen LogP contribution in [0.3, 0.4) is 0 Å². The second-order valence-corrected chi connectivity index (χ2v) is 9.80. The molecule has 0 radical (unpaired) electrons. The zero-order valence-electron chi connectivity index (χ0n) is 18.6. The van der Waals surface area contributed by atoms with Crippen LogP contribution in [0, 0.1) is 0 Å². The lowest BCUT2D eigenvalue weighted by atomic mass is 10.1. The van der Waals surface area contributed by atoms with Gasteiger partial charge in [-0.15, -0.1) is 0 Å². The van der Waals surface area contributed by atoms with E-state index in [-0.39, 0.29) is 12.2 Å². The third-order valence-electron chi connectivity index (χ3n) is 5.10. The number of piperidine rings is 1. The summed E-state index contributed by atoms with van der Waals surface area (Å²) in [4.78, 5) is 31.0. The molecule has 0 unspecified atom stereocenters. The number of amides is 1. The number of oxazole rings is 1. The van der Waals surface area contributed by atoms with Crippen molar-refractivity contribution in [1.82, 2.24) is 9.88 Å². The van der Waals surface area contributed by atoms with E-state index in [9.17, 15) is 9.59 Å². The maximum atomic E-state index is 12.7. The van der Waals surface area contributed by atoms with E-state index in [1.807, 2.05) is 20.8 Å². The van der Waals surface area contributed by atoms with Crippen molar-refractivity contribution in [3.05, 3.63) is 52.0 Å². The molecule has 0 bridgehead atoms. The highest BCUT2D eigenvalue weighted by atomic mass is 35.5. The molecule has 0 saturated carbocycles. The van der Waals surface area contributed by atoms with Crippen LogP contribution in [0.25, 0.3) is 22.6 Å². The van der Waals surface area contributed by atoms with Crippen molar-refractivity contribution in [2.45, 2.75) is 45.3 Å². The molecule has 1 aliphatic rings. The molecule has 2 heterocycles. The summed E-state index contributed by atoms with van der Waals surface area (Å²) in [5.41, 5.74) is 1.52. The number of likely N-dealkylation sites (tertiary alicyclic amines) is 1. The number of halogens is 2. The fourth-order valence-corrected chi connectivity index (χ4v) is 4.08. The van der Waals surface area contributed by atoms with Gasteiger partial charge in [-0.05, 0) is 57.2 Å². The van der Waals surface area contributed by atoms with E-state index in [2.05, 4.69) is 4.98 Å². The first-order chi connectivity index (χ1) is 15.6. The third-order valence-corrected chi connectivity index (χ3v) is 5.54. The predicted octanol–water partition coefficient (Wildman–Crippen LogP) is 6.36. The number of rotatable bonds is 3. The van der Waals surface area contributed by atoms with Gasteiger partial charge in [0.1, 0.15) is 17.2 Å². The van der Waals surface area contributed by atoms with Gasteiger partial charge in [-0.1, -0.05) is 23.2 Å². The molecular formula is C24H24Cl2N2O5. The summed E-state index contributed by atoms with van der Waals surface area (Å²) in [5.74, 6) is -0.0919. The summed E-state index contributed by atoms with van der Waals surface area (Å²) < 4.78 is 16.9. The molecule has 1 fully saturated rings. The van der Waals surface area contributed by atoms with Gasteiger partial charge in [0.25, 0.3) is 0 Å². The Balaban J connectivity index is 1.40. The number of esters is 1. The lowest BCUT2D eigenvalue weighted by Gasteiger charge is -2.33. The molecule has 0 spiro atoms. The van der Waals surface area contributed by atoms with E-state index in [1.165, 1.54) is 0 Å². The molecule has 2 aromatic carbocycles. The molecule has 1 aromatic heterocycles. The Morgan fingerprint density at radius 1 is 1.06 bits per heavy atom. The van der Waals surface area contributed by atoms with Gasteiger partial charge in [0.05, 0.1) is 5.56 Å². The molecular weight excluding hydrogens is 467 g/mol. The van der Waals surface area contributed by atoms with Gasteiger partial charge < -0.3 is 18.8 Å². The van der Waals surface area contributed by atoms with E-state index >= 15 is 0 Å². The smallest absolute Gasteiger partial charge is 0.410 e. The van der Waals surface area contributed by atoms with E-state index in [4.69, 9.17) is 37.1 Å². The molecule has 9 heteroatoms. The minimum absolute atomic E-state index is 0.272. The number of nitrogens with zero attached hydrogens (tertiary/aromatic N) is 2. The van der Waals surface area contributed by atoms with Gasteiger partial charge in [-0.2, -0.15) is 0 Å². The predicted molar refractivity (Wildman–Crippen MR) is 126 cm³/mol. The zero-order chi connectivity index (χ0) is 23.8. The van der Waals surface area contributed by atoms with Crippen molar-refractivity contribution < 1.29 is 23.5 Å². The van der Waals surface area contributed by atoms with Crippen LogP contribution < -0.4 is 0 Å². The summed E-state index contributed by atoms with van der Waals surface area (Å²) in [5, 5.41) is 0.948. The minimum atomic E-state index is -0.543. The van der Waals surface area contributed by atoms with Gasteiger partial charge in [0.15, 0.2) is 5.58 Å². The Bertz CT molecular complexity index is 1170. The van der Waals surface area contributed by atoms with Gasteiger partial charge in [0, 0.05) is 41.5 Å². The number of benzene rings is 2. The number of aromatic nitrogens is 1. The Kier molecular flexibility index (Phi) is 6.54. The van der Waals surface area contributed by atoms with Crippen molar-refractivity contribution in [2.24, 2.45) is 0 Å². The fourth-order valence-electron chi connectivity index (χ4n) is 3.55. The van der Waals surface area contributed by atoms with Crippen molar-refractivity contribution in [1.29, 1.82) is 0 Å². The van der Waals surface area contributed by atoms with Gasteiger partial charge in [-0.25, -0.2) is 14.6 Å². The fraction of sp³-hybridized carbons (Fsp3) is 0.375. The molecule has 1 aliphatic heterocycles. The highest BCUT2D eigenvalue weighted by Gasteiger charge is 2.28. The largest absolute Gasteiger partial charge is 0.459 e. The molecule has 1 saturated heterocycles. The first kappa shape index (κ1) is 23.4. The minimum Gasteiger partial charge on any atom is -0.459 e. The van der Waals surface area contributed by atoms with Crippen molar-refractivity contribution >= 4 is 46.4 Å². The first-order valence-electron chi connectivity index (χ1n) is 10.6. The van der Waals surface area contributed by atoms with E-state index < -0.39 is 11.6 Å². The summed E-state index contributed by atoms with van der Waals surface area (Å²) in [7, 11) is 0. The summed E-state index contributed by atoms with van der Waals surface area (Å²) in [6, 6.07) is 10.00. The Labute approximate surface area is 201 Å². The number of fused-ring (bicyclic) bond motifs is 1. The lowest BCUT2D eigenvalue weighted by Crippen LogP contribution is -2.43. The Morgan fingerprint density at radius 3 is 2.36 bits per heavy atom. The third kappa shape index (κ3) is 5.78. The van der Waals surface area contributed by atoms with Crippen LogP contribution >= 0.6 is 23.2 Å². The summed E-state index contributed by atoms with van der Waals surface area (Å²) >= 11 is 12.1. The average Bonchev–Trinajstić information content (AvgIpc) is 3.16. The van der Waals surface area contributed by atoms with Crippen LogP contribution in [0.5, 0.6) is 0 Å². The van der Waals surface area contributed by atoms with Crippen LogP contribution in [-0.4, -0.2) is 46.7 Å². The first-order valence-corrected chi connectivity index (χ1v) is 11.4. The van der Waals surface area contributed by atoms with Crippen LogP contribution in [0.15, 0.2) is 40.8 Å². The highest BCUT2D eigenvalue weighted by molar-refractivity contribution is 6.35. The van der Waals surface area contributed by atoms with Crippen molar-refractivity contribution in [3.63, 3.8) is 0 Å². The Morgan fingerprint density at radius 2 is 1.73 bits per heavy atom. The monoisotopic (exact) mass is 490 g/mol. The highest BCUT2D eigenvalue weighted by Crippen LogP contribution is 2.30. The summed E-state index contributed by atoms with van der Waals surface area (Å²) in [6.45, 7) is 6.44. The molecule has 3 aromatic rings. The van der Waals surface area contributed by atoms with Crippen LogP contribution in [-0.2, 0) is 9.47 Å². The van der Waals surface area contributed by atoms with Crippen LogP contribution in [0.1, 0.15) is 44.0 Å². The van der Waals surface area contributed by atoms with Crippen molar-refractivity contribution in [3.8, 4) is 11.5 Å².